The lowest BCUT2D eigenvalue weighted by molar-refractivity contribution is -0.153. The first-order valence-electron chi connectivity index (χ1n) is 8.87. The summed E-state index contributed by atoms with van der Waals surface area (Å²) in [6.07, 6.45) is -0.890. The number of benzene rings is 1. The SMILES string of the molecule is Nc1ncnc2c1ncn2[C@]1(CC(N)c2ccccc2)O[C@H](CO)[C@@H](O)[C@H]1O. The zero-order valence-electron chi connectivity index (χ0n) is 15.0. The summed E-state index contributed by atoms with van der Waals surface area (Å²) in [4.78, 5) is 12.4. The first-order valence-corrected chi connectivity index (χ1v) is 8.87. The molecular weight excluding hydrogens is 364 g/mol. The molecule has 5 atom stereocenters. The number of aliphatic hydroxyl groups is 3. The average molecular weight is 386 g/mol. The molecule has 1 aliphatic heterocycles. The lowest BCUT2D eigenvalue weighted by Crippen LogP contribution is -2.47. The van der Waals surface area contributed by atoms with Gasteiger partial charge in [-0.05, 0) is 5.56 Å². The van der Waals surface area contributed by atoms with Gasteiger partial charge in [-0.15, -0.1) is 0 Å². The number of imidazole rings is 1. The van der Waals surface area contributed by atoms with Crippen LogP contribution in [0, 0.1) is 0 Å². The summed E-state index contributed by atoms with van der Waals surface area (Å²) in [5, 5.41) is 31.0. The predicted octanol–water partition coefficient (Wildman–Crippen LogP) is -0.736. The van der Waals surface area contributed by atoms with Crippen molar-refractivity contribution in [1.29, 1.82) is 0 Å². The summed E-state index contributed by atoms with van der Waals surface area (Å²) >= 11 is 0. The Kier molecular flexibility index (Phi) is 4.73. The number of aliphatic hydroxyl groups excluding tert-OH is 3. The molecule has 4 rings (SSSR count). The van der Waals surface area contributed by atoms with E-state index in [9.17, 15) is 15.3 Å². The van der Waals surface area contributed by atoms with E-state index < -0.39 is 36.7 Å². The summed E-state index contributed by atoms with van der Waals surface area (Å²) in [5.41, 5.74) is 12.3. The first kappa shape index (κ1) is 18.7. The molecule has 28 heavy (non-hydrogen) atoms. The van der Waals surface area contributed by atoms with Gasteiger partial charge >= 0.3 is 0 Å². The minimum absolute atomic E-state index is 0.0983. The van der Waals surface area contributed by atoms with Crippen LogP contribution in [0.5, 0.6) is 0 Å². The number of ether oxygens (including phenoxy) is 1. The summed E-state index contributed by atoms with van der Waals surface area (Å²) in [5.74, 6) is 0.179. The highest BCUT2D eigenvalue weighted by atomic mass is 16.6. The van der Waals surface area contributed by atoms with Crippen molar-refractivity contribution in [3.63, 3.8) is 0 Å². The van der Waals surface area contributed by atoms with Crippen molar-refractivity contribution in [3.8, 4) is 0 Å². The topological polar surface area (TPSA) is 166 Å². The fourth-order valence-corrected chi connectivity index (χ4v) is 3.75. The molecule has 10 nitrogen and oxygen atoms in total. The van der Waals surface area contributed by atoms with E-state index >= 15 is 0 Å². The van der Waals surface area contributed by atoms with E-state index in [1.165, 1.54) is 17.2 Å². The number of anilines is 1. The van der Waals surface area contributed by atoms with Crippen molar-refractivity contribution in [1.82, 2.24) is 19.5 Å². The van der Waals surface area contributed by atoms with Gasteiger partial charge in [0.2, 0.25) is 0 Å². The molecule has 1 saturated heterocycles. The fraction of sp³-hybridized carbons (Fsp3) is 0.389. The maximum atomic E-state index is 10.9. The summed E-state index contributed by atoms with van der Waals surface area (Å²) in [6.45, 7) is -0.468. The maximum absolute atomic E-state index is 10.9. The Hall–Kier alpha value is -2.63. The second-order valence-electron chi connectivity index (χ2n) is 6.89. The highest BCUT2D eigenvalue weighted by Crippen LogP contribution is 2.43. The standard InChI is InChI=1S/C18H22N6O4/c19-11(10-4-2-1-3-5-10)6-18(15(27)14(26)12(7-25)28-18)24-9-23-13-16(20)21-8-22-17(13)24/h1-5,8-9,11-12,14-15,25-27H,6-7,19H2,(H2,20,21,22)/t11?,12-,14-,15-,18-/m1/s1. The van der Waals surface area contributed by atoms with Gasteiger partial charge in [0.25, 0.3) is 0 Å². The molecule has 0 radical (unpaired) electrons. The minimum atomic E-state index is -1.50. The molecule has 1 aliphatic rings. The fourth-order valence-electron chi connectivity index (χ4n) is 3.75. The van der Waals surface area contributed by atoms with Crippen molar-refractivity contribution >= 4 is 17.0 Å². The number of hydrogen-bond acceptors (Lipinski definition) is 9. The van der Waals surface area contributed by atoms with Crippen LogP contribution in [0.1, 0.15) is 18.0 Å². The van der Waals surface area contributed by atoms with Gasteiger partial charge in [0.1, 0.15) is 30.2 Å². The van der Waals surface area contributed by atoms with Crippen LogP contribution >= 0.6 is 0 Å². The second-order valence-corrected chi connectivity index (χ2v) is 6.89. The van der Waals surface area contributed by atoms with E-state index in [4.69, 9.17) is 16.2 Å². The van der Waals surface area contributed by atoms with E-state index in [1.54, 1.807) is 0 Å². The van der Waals surface area contributed by atoms with Crippen molar-refractivity contribution in [2.45, 2.75) is 36.5 Å². The van der Waals surface area contributed by atoms with Crippen LogP contribution in [0.4, 0.5) is 5.82 Å². The van der Waals surface area contributed by atoms with Crippen LogP contribution in [0.3, 0.4) is 0 Å². The third-order valence-corrected chi connectivity index (χ3v) is 5.21. The quantitative estimate of drug-likeness (QED) is 0.380. The molecule has 7 N–H and O–H groups in total. The zero-order chi connectivity index (χ0) is 19.9. The van der Waals surface area contributed by atoms with Crippen LogP contribution in [-0.4, -0.2) is 59.8 Å². The molecule has 0 spiro atoms. The molecule has 2 aromatic heterocycles. The zero-order valence-corrected chi connectivity index (χ0v) is 15.0. The Bertz CT molecular complexity index is 967. The van der Waals surface area contributed by atoms with E-state index in [0.717, 1.165) is 5.56 Å². The highest BCUT2D eigenvalue weighted by molar-refractivity contribution is 5.81. The third-order valence-electron chi connectivity index (χ3n) is 5.21. The molecule has 1 unspecified atom stereocenters. The second kappa shape index (κ2) is 7.08. The van der Waals surface area contributed by atoms with Crippen molar-refractivity contribution < 1.29 is 20.1 Å². The molecule has 1 aromatic carbocycles. The van der Waals surface area contributed by atoms with Crippen molar-refractivity contribution in [2.24, 2.45) is 5.73 Å². The largest absolute Gasteiger partial charge is 0.394 e. The van der Waals surface area contributed by atoms with Crippen LogP contribution in [0.25, 0.3) is 11.2 Å². The van der Waals surface area contributed by atoms with Gasteiger partial charge in [-0.25, -0.2) is 15.0 Å². The van der Waals surface area contributed by atoms with Gasteiger partial charge in [0, 0.05) is 12.5 Å². The molecule has 1 fully saturated rings. The molecular formula is C18H22N6O4. The molecule has 3 aromatic rings. The molecule has 0 bridgehead atoms. The van der Waals surface area contributed by atoms with Crippen molar-refractivity contribution in [2.75, 3.05) is 12.3 Å². The predicted molar refractivity (Wildman–Crippen MR) is 99.7 cm³/mol. The molecule has 0 aliphatic carbocycles. The first-order chi connectivity index (χ1) is 13.5. The average Bonchev–Trinajstić information content (AvgIpc) is 3.25. The highest BCUT2D eigenvalue weighted by Gasteiger charge is 2.56. The smallest absolute Gasteiger partial charge is 0.178 e. The van der Waals surface area contributed by atoms with Crippen LogP contribution in [-0.2, 0) is 10.5 Å². The number of hydrogen-bond donors (Lipinski definition) is 5. The van der Waals surface area contributed by atoms with E-state index in [1.807, 2.05) is 30.3 Å². The van der Waals surface area contributed by atoms with E-state index in [0.29, 0.717) is 11.2 Å². The summed E-state index contributed by atoms with van der Waals surface area (Å²) in [6, 6.07) is 8.80. The Balaban J connectivity index is 1.84. The number of fused-ring (bicyclic) bond motifs is 1. The monoisotopic (exact) mass is 386 g/mol. The van der Waals surface area contributed by atoms with Gasteiger partial charge in [0.05, 0.1) is 12.9 Å². The number of nitrogens with zero attached hydrogens (tertiary/aromatic N) is 4. The van der Waals surface area contributed by atoms with Gasteiger partial charge in [-0.3, -0.25) is 4.57 Å². The van der Waals surface area contributed by atoms with Gasteiger partial charge in [-0.2, -0.15) is 0 Å². The van der Waals surface area contributed by atoms with Gasteiger partial charge in [0.15, 0.2) is 17.2 Å². The Morgan fingerprint density at radius 2 is 1.93 bits per heavy atom. The lowest BCUT2D eigenvalue weighted by atomic mass is 9.92. The molecule has 0 amide bonds. The van der Waals surface area contributed by atoms with Crippen LogP contribution in [0.15, 0.2) is 43.0 Å². The minimum Gasteiger partial charge on any atom is -0.394 e. The van der Waals surface area contributed by atoms with E-state index in [2.05, 4.69) is 15.0 Å². The summed E-state index contributed by atoms with van der Waals surface area (Å²) < 4.78 is 7.51. The Morgan fingerprint density at radius 3 is 2.61 bits per heavy atom. The molecule has 10 heteroatoms. The van der Waals surface area contributed by atoms with Crippen molar-refractivity contribution in [3.05, 3.63) is 48.5 Å². The Morgan fingerprint density at radius 1 is 1.18 bits per heavy atom. The molecule has 148 valence electrons. The number of rotatable bonds is 5. The number of aromatic nitrogens is 4. The maximum Gasteiger partial charge on any atom is 0.178 e. The lowest BCUT2D eigenvalue weighted by Gasteiger charge is -2.36. The van der Waals surface area contributed by atoms with E-state index in [-0.39, 0.29) is 12.2 Å². The summed E-state index contributed by atoms with van der Waals surface area (Å²) in [7, 11) is 0. The Labute approximate surface area is 160 Å². The van der Waals surface area contributed by atoms with Crippen LogP contribution in [0.2, 0.25) is 0 Å². The van der Waals surface area contributed by atoms with Gasteiger partial charge in [-0.1, -0.05) is 30.3 Å². The van der Waals surface area contributed by atoms with Gasteiger partial charge < -0.3 is 31.5 Å². The van der Waals surface area contributed by atoms with Crippen LogP contribution < -0.4 is 11.5 Å². The molecule has 3 heterocycles. The third kappa shape index (κ3) is 2.82. The molecule has 0 saturated carbocycles. The number of nitrogen functional groups attached to an aromatic ring is 1. The number of nitrogens with two attached hydrogens (primary N) is 2. The normalized spacial score (nSPS) is 28.6.